The number of nitrogens with zero attached hydrogens (tertiary/aromatic N) is 2. The Labute approximate surface area is 256 Å². The summed E-state index contributed by atoms with van der Waals surface area (Å²) in [7, 11) is -2.72. The van der Waals surface area contributed by atoms with Crippen LogP contribution in [0.2, 0.25) is 0 Å². The Morgan fingerprint density at radius 1 is 0.907 bits per heavy atom. The zero-order chi connectivity index (χ0) is 31.0. The summed E-state index contributed by atoms with van der Waals surface area (Å²) in [6, 6.07) is 20.4. The van der Waals surface area contributed by atoms with Crippen LogP contribution in [0, 0.1) is 13.8 Å². The van der Waals surface area contributed by atoms with E-state index in [1.165, 1.54) is 24.1 Å². The molecule has 0 heterocycles. The summed E-state index contributed by atoms with van der Waals surface area (Å²) in [4.78, 5) is 29.6. The largest absolute Gasteiger partial charge is 0.495 e. The van der Waals surface area contributed by atoms with Gasteiger partial charge in [0, 0.05) is 12.6 Å². The van der Waals surface area contributed by atoms with E-state index in [1.54, 1.807) is 36.4 Å². The molecule has 1 fully saturated rings. The van der Waals surface area contributed by atoms with Crippen molar-refractivity contribution in [2.24, 2.45) is 0 Å². The Bertz CT molecular complexity index is 1480. The molecule has 0 saturated heterocycles. The molecule has 0 spiro atoms. The topological polar surface area (TPSA) is 96.0 Å². The molecule has 0 radical (unpaired) electrons. The second-order valence-electron chi connectivity index (χ2n) is 11.3. The van der Waals surface area contributed by atoms with E-state index in [1.807, 2.05) is 45.0 Å². The highest BCUT2D eigenvalue weighted by Crippen LogP contribution is 2.33. The predicted octanol–water partition coefficient (Wildman–Crippen LogP) is 5.76. The van der Waals surface area contributed by atoms with E-state index in [0.717, 1.165) is 53.1 Å². The van der Waals surface area contributed by atoms with Crippen molar-refractivity contribution in [1.82, 2.24) is 10.2 Å². The van der Waals surface area contributed by atoms with Gasteiger partial charge in [-0.05, 0) is 62.9 Å². The molecule has 1 unspecified atom stereocenters. The van der Waals surface area contributed by atoms with Crippen molar-refractivity contribution in [3.8, 4) is 5.75 Å². The van der Waals surface area contributed by atoms with Crippen molar-refractivity contribution < 1.29 is 22.7 Å². The second-order valence-corrected chi connectivity index (χ2v) is 13.1. The van der Waals surface area contributed by atoms with Gasteiger partial charge in [-0.1, -0.05) is 85.8 Å². The van der Waals surface area contributed by atoms with Crippen LogP contribution >= 0.6 is 0 Å². The number of benzene rings is 3. The van der Waals surface area contributed by atoms with Crippen molar-refractivity contribution in [3.63, 3.8) is 0 Å². The van der Waals surface area contributed by atoms with Gasteiger partial charge >= 0.3 is 0 Å². The number of ether oxygens (including phenoxy) is 1. The lowest BCUT2D eigenvalue weighted by atomic mass is 9.95. The Balaban J connectivity index is 1.73. The van der Waals surface area contributed by atoms with Gasteiger partial charge in [-0.3, -0.25) is 13.9 Å². The third kappa shape index (κ3) is 7.96. The minimum Gasteiger partial charge on any atom is -0.495 e. The number of aryl methyl sites for hydroxylation is 2. The van der Waals surface area contributed by atoms with Crippen LogP contribution in [0.15, 0.2) is 77.7 Å². The predicted molar refractivity (Wildman–Crippen MR) is 170 cm³/mol. The maximum absolute atomic E-state index is 14.3. The van der Waals surface area contributed by atoms with E-state index in [2.05, 4.69) is 5.32 Å². The van der Waals surface area contributed by atoms with E-state index in [-0.39, 0.29) is 29.1 Å². The number of carbonyl (C=O) groups excluding carboxylic acids is 2. The number of anilines is 1. The van der Waals surface area contributed by atoms with Gasteiger partial charge in [-0.2, -0.15) is 0 Å². The molecule has 1 aliphatic carbocycles. The van der Waals surface area contributed by atoms with Gasteiger partial charge in [0.1, 0.15) is 18.3 Å². The van der Waals surface area contributed by atoms with Crippen molar-refractivity contribution in [1.29, 1.82) is 0 Å². The molecule has 0 aliphatic heterocycles. The number of amides is 2. The van der Waals surface area contributed by atoms with Crippen LogP contribution < -0.4 is 14.4 Å². The van der Waals surface area contributed by atoms with Gasteiger partial charge < -0.3 is 15.0 Å². The van der Waals surface area contributed by atoms with E-state index in [4.69, 9.17) is 4.74 Å². The van der Waals surface area contributed by atoms with E-state index < -0.39 is 28.5 Å². The van der Waals surface area contributed by atoms with E-state index in [0.29, 0.717) is 12.2 Å². The Hall–Kier alpha value is -3.85. The average Bonchev–Trinajstić information content (AvgIpc) is 3.01. The number of rotatable bonds is 12. The van der Waals surface area contributed by atoms with Gasteiger partial charge in [0.05, 0.1) is 17.7 Å². The average molecular weight is 606 g/mol. The second kappa shape index (κ2) is 14.6. The van der Waals surface area contributed by atoms with Crippen molar-refractivity contribution in [2.45, 2.75) is 82.8 Å². The van der Waals surface area contributed by atoms with Crippen LogP contribution in [0.4, 0.5) is 5.69 Å². The lowest BCUT2D eigenvalue weighted by Crippen LogP contribution is -2.54. The van der Waals surface area contributed by atoms with Crippen molar-refractivity contribution in [2.75, 3.05) is 18.0 Å². The lowest BCUT2D eigenvalue weighted by Gasteiger charge is -2.34. The molecule has 3 aromatic carbocycles. The minimum atomic E-state index is -4.18. The molecule has 3 aromatic rings. The summed E-state index contributed by atoms with van der Waals surface area (Å²) in [5.41, 5.74) is 3.09. The maximum Gasteiger partial charge on any atom is 0.264 e. The third-order valence-corrected chi connectivity index (χ3v) is 9.83. The standard InChI is InChI=1S/C34H43N3O5S/c1-5-30(34(39)35-28-11-7-6-8-12-28)36(23-27-19-15-25(2)16-20-27)33(38)24-37(31-13-9-10-14-32(31)42-4)43(40,41)29-21-17-26(3)18-22-29/h9-10,13-22,28,30H,5-8,11-12,23-24H2,1-4H3,(H,35,39). The Kier molecular flexibility index (Phi) is 10.9. The molecule has 0 aromatic heterocycles. The van der Waals surface area contributed by atoms with Crippen LogP contribution in [-0.2, 0) is 26.2 Å². The molecule has 1 saturated carbocycles. The van der Waals surface area contributed by atoms with E-state index in [9.17, 15) is 18.0 Å². The highest BCUT2D eigenvalue weighted by molar-refractivity contribution is 7.92. The zero-order valence-corrected chi connectivity index (χ0v) is 26.4. The first-order valence-corrected chi connectivity index (χ1v) is 16.5. The first-order valence-electron chi connectivity index (χ1n) is 15.0. The minimum absolute atomic E-state index is 0.0592. The fourth-order valence-electron chi connectivity index (χ4n) is 5.54. The Morgan fingerprint density at radius 3 is 2.12 bits per heavy atom. The van der Waals surface area contributed by atoms with Crippen LogP contribution in [0.3, 0.4) is 0 Å². The number of para-hydroxylation sites is 2. The molecule has 1 N–H and O–H groups in total. The number of hydrogen-bond acceptors (Lipinski definition) is 5. The number of hydrogen-bond donors (Lipinski definition) is 1. The fraction of sp³-hybridized carbons (Fsp3) is 0.412. The van der Waals surface area contributed by atoms with E-state index >= 15 is 0 Å². The van der Waals surface area contributed by atoms with Crippen LogP contribution in [-0.4, -0.2) is 50.9 Å². The van der Waals surface area contributed by atoms with Crippen molar-refractivity contribution >= 4 is 27.5 Å². The van der Waals surface area contributed by atoms with Crippen LogP contribution in [0.1, 0.15) is 62.1 Å². The summed E-state index contributed by atoms with van der Waals surface area (Å²) >= 11 is 0. The molecular weight excluding hydrogens is 562 g/mol. The molecule has 1 aliphatic rings. The third-order valence-electron chi connectivity index (χ3n) is 8.05. The molecule has 1 atom stereocenters. The first kappa shape index (κ1) is 32.1. The highest BCUT2D eigenvalue weighted by atomic mass is 32.2. The van der Waals surface area contributed by atoms with Crippen LogP contribution in [0.5, 0.6) is 5.75 Å². The van der Waals surface area contributed by atoms with Gasteiger partial charge in [0.25, 0.3) is 10.0 Å². The van der Waals surface area contributed by atoms with Gasteiger partial charge in [-0.15, -0.1) is 0 Å². The molecule has 2 amide bonds. The zero-order valence-electron chi connectivity index (χ0n) is 25.6. The van der Waals surface area contributed by atoms with Gasteiger partial charge in [0.2, 0.25) is 11.8 Å². The molecule has 8 nitrogen and oxygen atoms in total. The normalized spacial score (nSPS) is 14.5. The first-order chi connectivity index (χ1) is 20.6. The monoisotopic (exact) mass is 605 g/mol. The Morgan fingerprint density at radius 2 is 1.51 bits per heavy atom. The number of nitrogens with one attached hydrogen (secondary N) is 1. The molecule has 9 heteroatoms. The SMILES string of the molecule is CCC(C(=O)NC1CCCCC1)N(Cc1ccc(C)cc1)C(=O)CN(c1ccccc1OC)S(=O)(=O)c1ccc(C)cc1. The number of carbonyl (C=O) groups is 2. The molecule has 230 valence electrons. The van der Waals surface area contributed by atoms with Gasteiger partial charge in [0.15, 0.2) is 0 Å². The molecule has 4 rings (SSSR count). The lowest BCUT2D eigenvalue weighted by molar-refractivity contribution is -0.140. The summed E-state index contributed by atoms with van der Waals surface area (Å²) in [6.07, 6.45) is 5.53. The summed E-state index contributed by atoms with van der Waals surface area (Å²) in [6.45, 7) is 5.40. The van der Waals surface area contributed by atoms with Crippen molar-refractivity contribution in [3.05, 3.63) is 89.5 Å². The molecular formula is C34H43N3O5S. The molecule has 43 heavy (non-hydrogen) atoms. The summed E-state index contributed by atoms with van der Waals surface area (Å²) in [5.74, 6) is -0.369. The quantitative estimate of drug-likeness (QED) is 0.283. The highest BCUT2D eigenvalue weighted by Gasteiger charge is 2.35. The maximum atomic E-state index is 14.3. The number of methoxy groups -OCH3 is 1. The summed E-state index contributed by atoms with van der Waals surface area (Å²) < 4.78 is 34.9. The summed E-state index contributed by atoms with van der Waals surface area (Å²) in [5, 5.41) is 3.18. The fourth-order valence-corrected chi connectivity index (χ4v) is 6.97. The smallest absolute Gasteiger partial charge is 0.264 e. The van der Waals surface area contributed by atoms with Gasteiger partial charge in [-0.25, -0.2) is 8.42 Å². The van der Waals surface area contributed by atoms with Crippen LogP contribution in [0.25, 0.3) is 0 Å². The molecule has 0 bridgehead atoms. The number of sulfonamides is 1.